The number of aromatic nitrogens is 1. The van der Waals surface area contributed by atoms with Crippen LogP contribution >= 0.6 is 34.4 Å². The summed E-state index contributed by atoms with van der Waals surface area (Å²) in [5, 5.41) is 15.3. The van der Waals surface area contributed by atoms with Gasteiger partial charge in [-0.2, -0.15) is 13.2 Å². The minimum absolute atomic E-state index is 0.0612. The van der Waals surface area contributed by atoms with E-state index in [4.69, 9.17) is 0 Å². The Morgan fingerprint density at radius 2 is 1.97 bits per heavy atom. The molecule has 14 heteroatoms. The van der Waals surface area contributed by atoms with E-state index in [1.54, 1.807) is 24.4 Å². The van der Waals surface area contributed by atoms with Gasteiger partial charge in [-0.1, -0.05) is 0 Å². The number of nitrogens with one attached hydrogen (secondary N) is 2. The molecule has 2 aromatic heterocycles. The second-order valence-electron chi connectivity index (χ2n) is 5.89. The first-order valence-corrected chi connectivity index (χ1v) is 10.6. The molecule has 8 nitrogen and oxygen atoms in total. The summed E-state index contributed by atoms with van der Waals surface area (Å²) in [4.78, 5) is 18.5. The Hall–Kier alpha value is -2.84. The fourth-order valence-electron chi connectivity index (χ4n) is 2.56. The maximum absolute atomic E-state index is 13.0. The van der Waals surface area contributed by atoms with Crippen molar-refractivity contribution in [3.05, 3.63) is 61.6 Å². The Morgan fingerprint density at radius 1 is 1.23 bits per heavy atom. The fraction of sp³-hybridized carbons (Fsp3) is 0.125. The summed E-state index contributed by atoms with van der Waals surface area (Å²) < 4.78 is 41.0. The van der Waals surface area contributed by atoms with E-state index >= 15 is 0 Å². The summed E-state index contributed by atoms with van der Waals surface area (Å²) in [5.41, 5.74) is 3.01. The number of hydrazine groups is 1. The fourth-order valence-corrected chi connectivity index (χ4v) is 5.18. The van der Waals surface area contributed by atoms with Crippen LogP contribution in [0.25, 0.3) is 11.4 Å². The molecule has 0 saturated carbocycles. The number of nitro groups is 1. The molecule has 0 radical (unpaired) electrons. The number of hydrogen-bond acceptors (Lipinski definition) is 10. The van der Waals surface area contributed by atoms with Crippen molar-refractivity contribution in [1.82, 2.24) is 20.7 Å². The molecule has 0 atom stereocenters. The van der Waals surface area contributed by atoms with Gasteiger partial charge in [0.1, 0.15) is 11.9 Å². The van der Waals surface area contributed by atoms with Crippen LogP contribution in [0.5, 0.6) is 0 Å². The predicted octanol–water partition coefficient (Wildman–Crippen LogP) is 2.49. The van der Waals surface area contributed by atoms with Gasteiger partial charge in [-0.15, -0.1) is 11.3 Å². The summed E-state index contributed by atoms with van der Waals surface area (Å²) in [7, 11) is 1.31. The Labute approximate surface area is 179 Å². The van der Waals surface area contributed by atoms with Crippen molar-refractivity contribution in [2.45, 2.75) is 10.5 Å². The molecule has 2 aliphatic heterocycles. The molecule has 0 amide bonds. The zero-order chi connectivity index (χ0) is 21.5. The number of allylic oxidation sites excluding steroid dienone is 1. The summed E-state index contributed by atoms with van der Waals surface area (Å²) in [5.74, 6) is 0. The number of aliphatic imine (C=N–C) groups is 1. The van der Waals surface area contributed by atoms with Crippen LogP contribution in [0.4, 0.5) is 18.2 Å². The summed E-state index contributed by atoms with van der Waals surface area (Å²) in [6, 6.07) is 3.53. The maximum Gasteiger partial charge on any atom is 0.432 e. The summed E-state index contributed by atoms with van der Waals surface area (Å²) in [6.45, 7) is 0. The molecule has 0 saturated heterocycles. The van der Waals surface area contributed by atoms with Gasteiger partial charge in [-0.05, 0) is 47.4 Å². The van der Waals surface area contributed by atoms with Crippen molar-refractivity contribution in [3.8, 4) is 0 Å². The highest BCUT2D eigenvalue weighted by Gasteiger charge is 2.39. The molecule has 0 aliphatic carbocycles. The smallest absolute Gasteiger partial charge is 0.333 e. The van der Waals surface area contributed by atoms with Crippen LogP contribution in [0.3, 0.4) is 0 Å². The first kappa shape index (κ1) is 20.4. The molecule has 0 bridgehead atoms. The van der Waals surface area contributed by atoms with Gasteiger partial charge in [0.05, 0.1) is 25.4 Å². The zero-order valence-corrected chi connectivity index (χ0v) is 17.4. The molecule has 2 aliphatic rings. The zero-order valence-electron chi connectivity index (χ0n) is 14.9. The summed E-state index contributed by atoms with van der Waals surface area (Å²) in [6.07, 6.45) is 1.13. The molecule has 0 fully saturated rings. The maximum atomic E-state index is 13.0. The summed E-state index contributed by atoms with van der Waals surface area (Å²) >= 11 is 3.41. The number of hydrogen-bond donors (Lipinski definition) is 2. The largest absolute Gasteiger partial charge is 0.432 e. The quantitative estimate of drug-likeness (QED) is 0.512. The highest BCUT2D eigenvalue weighted by molar-refractivity contribution is 8.15. The van der Waals surface area contributed by atoms with Crippen LogP contribution in [0.2, 0.25) is 0 Å². The monoisotopic (exact) mass is 472 g/mol. The lowest BCUT2D eigenvalue weighted by Gasteiger charge is -2.18. The van der Waals surface area contributed by atoms with E-state index in [2.05, 4.69) is 20.7 Å². The number of rotatable bonds is 2. The minimum Gasteiger partial charge on any atom is -0.333 e. The van der Waals surface area contributed by atoms with Crippen molar-refractivity contribution in [3.63, 3.8) is 0 Å². The third-order valence-corrected chi connectivity index (χ3v) is 6.95. The molecule has 30 heavy (non-hydrogen) atoms. The van der Waals surface area contributed by atoms with E-state index in [1.165, 1.54) is 24.6 Å². The molecular formula is C16H11F3N6O2S3. The molecular weight excluding hydrogens is 461 g/mol. The van der Waals surface area contributed by atoms with Gasteiger partial charge in [-0.3, -0.25) is 20.5 Å². The average molecular weight is 472 g/mol. The van der Waals surface area contributed by atoms with E-state index in [0.29, 0.717) is 25.4 Å². The topological polar surface area (TPSA) is 95.7 Å². The van der Waals surface area contributed by atoms with Crippen LogP contribution in [0.15, 0.2) is 51.7 Å². The molecule has 2 N–H and O–H groups in total. The normalized spacial score (nSPS) is 19.9. The molecule has 0 spiro atoms. The molecule has 2 aromatic rings. The SMILES string of the molecule is CN1NC(=c2ccc(=C3C=CN=C(Sc4ncc([N+](=O)[O-])s4)N3)s2)C=C1C(F)(F)F. The lowest BCUT2D eigenvalue weighted by atomic mass is 10.3. The Kier molecular flexibility index (Phi) is 5.29. The van der Waals surface area contributed by atoms with E-state index < -0.39 is 16.8 Å². The van der Waals surface area contributed by atoms with Crippen molar-refractivity contribution < 1.29 is 18.1 Å². The van der Waals surface area contributed by atoms with Crippen LogP contribution in [-0.4, -0.2) is 33.3 Å². The van der Waals surface area contributed by atoms with Crippen LogP contribution < -0.4 is 19.8 Å². The van der Waals surface area contributed by atoms with E-state index in [9.17, 15) is 23.3 Å². The molecule has 4 rings (SSSR count). The second-order valence-corrected chi connectivity index (χ2v) is 9.22. The van der Waals surface area contributed by atoms with Gasteiger partial charge in [0.15, 0.2) is 9.51 Å². The molecule has 156 valence electrons. The van der Waals surface area contributed by atoms with Crippen molar-refractivity contribution >= 4 is 56.0 Å². The van der Waals surface area contributed by atoms with Crippen LogP contribution in [-0.2, 0) is 0 Å². The van der Waals surface area contributed by atoms with Gasteiger partial charge >= 0.3 is 11.2 Å². The minimum atomic E-state index is -4.44. The Morgan fingerprint density at radius 3 is 2.60 bits per heavy atom. The number of thiophene rings is 1. The number of halogens is 3. The van der Waals surface area contributed by atoms with Crippen molar-refractivity contribution in [2.24, 2.45) is 4.99 Å². The molecule has 0 aromatic carbocycles. The Balaban J connectivity index is 1.59. The van der Waals surface area contributed by atoms with Gasteiger partial charge in [0.25, 0.3) is 0 Å². The lowest BCUT2D eigenvalue weighted by Crippen LogP contribution is -2.33. The number of amidine groups is 1. The third kappa shape index (κ3) is 4.20. The number of thioether (sulfide) groups is 1. The molecule has 4 heterocycles. The van der Waals surface area contributed by atoms with Crippen LogP contribution in [0.1, 0.15) is 0 Å². The highest BCUT2D eigenvalue weighted by Crippen LogP contribution is 2.31. The van der Waals surface area contributed by atoms with E-state index in [0.717, 1.165) is 38.7 Å². The van der Waals surface area contributed by atoms with Gasteiger partial charge < -0.3 is 5.32 Å². The third-order valence-electron chi connectivity index (χ3n) is 3.87. The second kappa shape index (κ2) is 7.77. The lowest BCUT2D eigenvalue weighted by molar-refractivity contribution is -0.380. The van der Waals surface area contributed by atoms with Gasteiger partial charge in [0.2, 0.25) is 0 Å². The first-order chi connectivity index (χ1) is 14.2. The van der Waals surface area contributed by atoms with E-state index in [1.807, 2.05) is 0 Å². The Bertz CT molecular complexity index is 1230. The predicted molar refractivity (Wildman–Crippen MR) is 110 cm³/mol. The van der Waals surface area contributed by atoms with Crippen molar-refractivity contribution in [1.29, 1.82) is 0 Å². The standard InChI is InChI=1S/C16H11F3N6O2S3/c1-24-12(16(17,18)19)6-9(23-24)11-3-2-10(28-11)8-4-5-20-14(22-8)30-15-21-7-13(29-15)25(26)27/h2-7,23H,1H3,(H,20,22). The average Bonchev–Trinajstić information content (AvgIpc) is 3.40. The number of alkyl halides is 3. The number of nitrogens with zero attached hydrogens (tertiary/aromatic N) is 4. The highest BCUT2D eigenvalue weighted by atomic mass is 32.2. The first-order valence-electron chi connectivity index (χ1n) is 8.14. The van der Waals surface area contributed by atoms with Crippen molar-refractivity contribution in [2.75, 3.05) is 7.05 Å². The molecule has 0 unspecified atom stereocenters. The van der Waals surface area contributed by atoms with Gasteiger partial charge in [-0.25, -0.2) is 9.98 Å². The van der Waals surface area contributed by atoms with Crippen LogP contribution in [0, 0.1) is 10.1 Å². The van der Waals surface area contributed by atoms with Gasteiger partial charge in [0, 0.05) is 13.2 Å². The number of thiazole rings is 1. The van der Waals surface area contributed by atoms with E-state index in [-0.39, 0.29) is 5.00 Å².